The molecule has 0 aliphatic rings. The molecule has 0 aliphatic carbocycles. The van der Waals surface area contributed by atoms with Gasteiger partial charge in [0.1, 0.15) is 0 Å². The van der Waals surface area contributed by atoms with Gasteiger partial charge in [-0.3, -0.25) is 4.68 Å². The molecule has 0 bridgehead atoms. The van der Waals surface area contributed by atoms with Crippen molar-refractivity contribution in [1.82, 2.24) is 9.78 Å². The number of aryl methyl sites for hydroxylation is 1. The third-order valence-corrected chi connectivity index (χ3v) is 2.13. The number of urea groups is 1. The van der Waals surface area contributed by atoms with Gasteiger partial charge in [0.2, 0.25) is 0 Å². The normalized spacial score (nSPS) is 9.94. The van der Waals surface area contributed by atoms with E-state index in [0.29, 0.717) is 17.1 Å². The molecule has 4 N–H and O–H groups in total. The third kappa shape index (κ3) is 2.97. The number of hydrogen-bond donors (Lipinski definition) is 3. The molecule has 1 heterocycles. The van der Waals surface area contributed by atoms with Crippen LogP contribution in [0.15, 0.2) is 36.7 Å². The molecule has 2 amide bonds. The van der Waals surface area contributed by atoms with E-state index in [2.05, 4.69) is 15.7 Å². The van der Waals surface area contributed by atoms with Gasteiger partial charge in [-0.1, -0.05) is 0 Å². The molecule has 1 aromatic heterocycles. The lowest BCUT2D eigenvalue weighted by Crippen LogP contribution is -2.19. The predicted octanol–water partition coefficient (Wildman–Crippen LogP) is 1.65. The Morgan fingerprint density at radius 3 is 2.47 bits per heavy atom. The Morgan fingerprint density at radius 1 is 1.24 bits per heavy atom. The fraction of sp³-hybridized carbons (Fsp3) is 0.0909. The van der Waals surface area contributed by atoms with Crippen molar-refractivity contribution in [3.63, 3.8) is 0 Å². The second-order valence-corrected chi connectivity index (χ2v) is 3.60. The van der Waals surface area contributed by atoms with Crippen LogP contribution in [0.4, 0.5) is 21.9 Å². The minimum atomic E-state index is -0.317. The molecule has 0 saturated carbocycles. The molecule has 6 nitrogen and oxygen atoms in total. The standard InChI is InChI=1S/C11H13N5O/c1-16-7-10(6-13-16)15-11(17)14-9-4-2-8(12)3-5-9/h2-7H,12H2,1H3,(H2,14,15,17). The van der Waals surface area contributed by atoms with Gasteiger partial charge < -0.3 is 16.4 Å². The molecule has 0 fully saturated rings. The highest BCUT2D eigenvalue weighted by Crippen LogP contribution is 2.11. The summed E-state index contributed by atoms with van der Waals surface area (Å²) in [5, 5.41) is 9.29. The zero-order valence-corrected chi connectivity index (χ0v) is 9.34. The van der Waals surface area contributed by atoms with E-state index in [4.69, 9.17) is 5.73 Å². The van der Waals surface area contributed by atoms with Gasteiger partial charge in [-0.2, -0.15) is 5.10 Å². The first kappa shape index (κ1) is 11.0. The third-order valence-electron chi connectivity index (χ3n) is 2.13. The Kier molecular flexibility index (Phi) is 2.95. The largest absolute Gasteiger partial charge is 0.399 e. The van der Waals surface area contributed by atoms with Gasteiger partial charge in [-0.25, -0.2) is 4.79 Å². The van der Waals surface area contributed by atoms with Crippen molar-refractivity contribution < 1.29 is 4.79 Å². The van der Waals surface area contributed by atoms with Gasteiger partial charge >= 0.3 is 6.03 Å². The minimum absolute atomic E-state index is 0.317. The van der Waals surface area contributed by atoms with E-state index in [1.165, 1.54) is 0 Å². The number of nitrogens with two attached hydrogens (primary N) is 1. The molecule has 0 atom stereocenters. The van der Waals surface area contributed by atoms with Gasteiger partial charge in [0.05, 0.1) is 11.9 Å². The molecule has 88 valence electrons. The van der Waals surface area contributed by atoms with Crippen LogP contribution >= 0.6 is 0 Å². The van der Waals surface area contributed by atoms with Crippen molar-refractivity contribution in [2.45, 2.75) is 0 Å². The zero-order chi connectivity index (χ0) is 12.3. The lowest BCUT2D eigenvalue weighted by Gasteiger charge is -2.05. The van der Waals surface area contributed by atoms with E-state index in [9.17, 15) is 4.79 Å². The van der Waals surface area contributed by atoms with Crippen LogP contribution in [-0.2, 0) is 7.05 Å². The quantitative estimate of drug-likeness (QED) is 0.687. The van der Waals surface area contributed by atoms with Gasteiger partial charge in [0.25, 0.3) is 0 Å². The second-order valence-electron chi connectivity index (χ2n) is 3.60. The first-order chi connectivity index (χ1) is 8.13. The van der Waals surface area contributed by atoms with Crippen molar-refractivity contribution in [3.05, 3.63) is 36.7 Å². The van der Waals surface area contributed by atoms with Crippen molar-refractivity contribution in [2.24, 2.45) is 7.05 Å². The van der Waals surface area contributed by atoms with Crippen LogP contribution < -0.4 is 16.4 Å². The summed E-state index contributed by atoms with van der Waals surface area (Å²) in [5.74, 6) is 0. The highest BCUT2D eigenvalue weighted by Gasteiger charge is 2.03. The molecule has 2 rings (SSSR count). The van der Waals surface area contributed by atoms with E-state index in [0.717, 1.165) is 0 Å². The lowest BCUT2D eigenvalue weighted by molar-refractivity contribution is 0.262. The summed E-state index contributed by atoms with van der Waals surface area (Å²) < 4.78 is 1.61. The number of rotatable bonds is 2. The Hall–Kier alpha value is -2.50. The van der Waals surface area contributed by atoms with Gasteiger partial charge in [0, 0.05) is 24.6 Å². The monoisotopic (exact) mass is 231 g/mol. The fourth-order valence-corrected chi connectivity index (χ4v) is 1.35. The van der Waals surface area contributed by atoms with Gasteiger partial charge in [-0.15, -0.1) is 0 Å². The molecule has 0 aliphatic heterocycles. The van der Waals surface area contributed by atoms with E-state index in [-0.39, 0.29) is 6.03 Å². The van der Waals surface area contributed by atoms with Crippen molar-refractivity contribution in [3.8, 4) is 0 Å². The minimum Gasteiger partial charge on any atom is -0.399 e. The molecule has 17 heavy (non-hydrogen) atoms. The van der Waals surface area contributed by atoms with Crippen LogP contribution in [0, 0.1) is 0 Å². The van der Waals surface area contributed by atoms with E-state index in [1.807, 2.05) is 0 Å². The fourth-order valence-electron chi connectivity index (χ4n) is 1.35. The Morgan fingerprint density at radius 2 is 1.88 bits per heavy atom. The maximum absolute atomic E-state index is 11.6. The maximum atomic E-state index is 11.6. The van der Waals surface area contributed by atoms with Gasteiger partial charge in [0.15, 0.2) is 0 Å². The number of carbonyl (C=O) groups excluding carboxylic acids is 1. The molecular formula is C11H13N5O. The Labute approximate surface area is 98.4 Å². The van der Waals surface area contributed by atoms with Crippen LogP contribution in [0.2, 0.25) is 0 Å². The number of carbonyl (C=O) groups is 1. The average Bonchev–Trinajstić information content (AvgIpc) is 2.67. The number of amides is 2. The SMILES string of the molecule is Cn1cc(NC(=O)Nc2ccc(N)cc2)cn1. The molecular weight excluding hydrogens is 218 g/mol. The van der Waals surface area contributed by atoms with Crippen LogP contribution in [0.1, 0.15) is 0 Å². The van der Waals surface area contributed by atoms with E-state index >= 15 is 0 Å². The summed E-state index contributed by atoms with van der Waals surface area (Å²) >= 11 is 0. The number of nitrogens with one attached hydrogen (secondary N) is 2. The molecule has 0 spiro atoms. The summed E-state index contributed by atoms with van der Waals surface area (Å²) in [5.41, 5.74) is 7.52. The molecule has 0 saturated heterocycles. The first-order valence-electron chi connectivity index (χ1n) is 5.06. The smallest absolute Gasteiger partial charge is 0.323 e. The summed E-state index contributed by atoms with van der Waals surface area (Å²) in [6.07, 6.45) is 3.28. The van der Waals surface area contributed by atoms with Crippen molar-refractivity contribution in [2.75, 3.05) is 16.4 Å². The summed E-state index contributed by atoms with van der Waals surface area (Å²) in [7, 11) is 1.78. The second kappa shape index (κ2) is 4.56. The van der Waals surface area contributed by atoms with Crippen molar-refractivity contribution >= 4 is 23.1 Å². The average molecular weight is 231 g/mol. The number of benzene rings is 1. The van der Waals surface area contributed by atoms with E-state index < -0.39 is 0 Å². The number of hydrogen-bond acceptors (Lipinski definition) is 3. The van der Waals surface area contributed by atoms with Crippen LogP contribution in [0.25, 0.3) is 0 Å². The van der Waals surface area contributed by atoms with Crippen LogP contribution in [0.5, 0.6) is 0 Å². The zero-order valence-electron chi connectivity index (χ0n) is 9.34. The summed E-state index contributed by atoms with van der Waals surface area (Å²) in [6.45, 7) is 0. The van der Waals surface area contributed by atoms with Crippen molar-refractivity contribution in [1.29, 1.82) is 0 Å². The number of anilines is 3. The van der Waals surface area contributed by atoms with Crippen LogP contribution in [0.3, 0.4) is 0 Å². The molecule has 6 heteroatoms. The highest BCUT2D eigenvalue weighted by molar-refractivity contribution is 5.99. The summed E-state index contributed by atoms with van der Waals surface area (Å²) in [4.78, 5) is 11.6. The number of aromatic nitrogens is 2. The molecule has 0 unspecified atom stereocenters. The highest BCUT2D eigenvalue weighted by atomic mass is 16.2. The van der Waals surface area contributed by atoms with Gasteiger partial charge in [-0.05, 0) is 24.3 Å². The first-order valence-corrected chi connectivity index (χ1v) is 5.06. The van der Waals surface area contributed by atoms with Crippen LogP contribution in [-0.4, -0.2) is 15.8 Å². The molecule has 0 radical (unpaired) electrons. The molecule has 1 aromatic carbocycles. The summed E-state index contributed by atoms with van der Waals surface area (Å²) in [6, 6.07) is 6.60. The number of nitrogen functional groups attached to an aromatic ring is 1. The number of nitrogens with zero attached hydrogens (tertiary/aromatic N) is 2. The maximum Gasteiger partial charge on any atom is 0.323 e. The Bertz CT molecular complexity index is 517. The van der Waals surface area contributed by atoms with E-state index in [1.54, 1.807) is 48.4 Å². The Balaban J connectivity index is 1.95. The topological polar surface area (TPSA) is 85.0 Å². The lowest BCUT2D eigenvalue weighted by atomic mass is 10.3. The predicted molar refractivity (Wildman–Crippen MR) is 66.7 cm³/mol. The molecule has 2 aromatic rings.